The first kappa shape index (κ1) is 14.8. The van der Waals surface area contributed by atoms with Crippen molar-refractivity contribution >= 4 is 5.69 Å². The molecule has 0 radical (unpaired) electrons. The second-order valence-electron chi connectivity index (χ2n) is 6.89. The summed E-state index contributed by atoms with van der Waals surface area (Å²) in [5, 5.41) is 3.77. The first-order valence-electron chi connectivity index (χ1n) is 9.05. The topological polar surface area (TPSA) is 15.3 Å². The maximum absolute atomic E-state index is 3.77. The highest BCUT2D eigenvalue weighted by molar-refractivity contribution is 5.48. The lowest BCUT2D eigenvalue weighted by molar-refractivity contribution is 0.459. The average molecular weight is 306 g/mol. The van der Waals surface area contributed by atoms with Crippen molar-refractivity contribution in [3.05, 3.63) is 65.2 Å². The molecule has 0 aromatic heterocycles. The van der Waals surface area contributed by atoms with Gasteiger partial charge < -0.3 is 10.2 Å². The van der Waals surface area contributed by atoms with Crippen LogP contribution in [0.3, 0.4) is 0 Å². The van der Waals surface area contributed by atoms with Gasteiger partial charge in [-0.25, -0.2) is 0 Å². The number of hydrogen-bond donors (Lipinski definition) is 1. The molecule has 1 aliphatic heterocycles. The fourth-order valence-electron chi connectivity index (χ4n) is 4.01. The molecule has 1 atom stereocenters. The summed E-state index contributed by atoms with van der Waals surface area (Å²) < 4.78 is 0. The van der Waals surface area contributed by atoms with Crippen LogP contribution in [0.1, 0.15) is 48.4 Å². The molecule has 2 aromatic rings. The van der Waals surface area contributed by atoms with Crippen LogP contribution in [0, 0.1) is 0 Å². The van der Waals surface area contributed by atoms with Crippen LogP contribution >= 0.6 is 0 Å². The van der Waals surface area contributed by atoms with Crippen molar-refractivity contribution in [3.63, 3.8) is 0 Å². The van der Waals surface area contributed by atoms with Crippen molar-refractivity contribution < 1.29 is 0 Å². The van der Waals surface area contributed by atoms with E-state index in [0.29, 0.717) is 6.04 Å². The van der Waals surface area contributed by atoms with Crippen molar-refractivity contribution in [2.75, 3.05) is 18.0 Å². The van der Waals surface area contributed by atoms with Crippen LogP contribution in [0.15, 0.2) is 48.5 Å². The van der Waals surface area contributed by atoms with Gasteiger partial charge in [0.2, 0.25) is 0 Å². The lowest BCUT2D eigenvalue weighted by Gasteiger charge is -2.26. The van der Waals surface area contributed by atoms with Crippen LogP contribution in [0.4, 0.5) is 5.69 Å². The zero-order valence-electron chi connectivity index (χ0n) is 13.8. The van der Waals surface area contributed by atoms with Gasteiger partial charge in [0.1, 0.15) is 0 Å². The lowest BCUT2D eigenvalue weighted by Crippen LogP contribution is -2.24. The fourth-order valence-corrected chi connectivity index (χ4v) is 4.01. The summed E-state index contributed by atoms with van der Waals surface area (Å²) in [4.78, 5) is 2.49. The molecular formula is C21H26N2. The van der Waals surface area contributed by atoms with Crippen molar-refractivity contribution in [1.82, 2.24) is 5.32 Å². The largest absolute Gasteiger partial charge is 0.372 e. The monoisotopic (exact) mass is 306 g/mol. The highest BCUT2D eigenvalue weighted by atomic mass is 15.1. The van der Waals surface area contributed by atoms with Gasteiger partial charge in [-0.05, 0) is 60.9 Å². The van der Waals surface area contributed by atoms with E-state index in [0.717, 1.165) is 6.54 Å². The Bertz CT molecular complexity index is 641. The zero-order chi connectivity index (χ0) is 15.5. The second-order valence-corrected chi connectivity index (χ2v) is 6.89. The highest BCUT2D eigenvalue weighted by Gasteiger charge is 2.19. The van der Waals surface area contributed by atoms with Gasteiger partial charge in [-0.3, -0.25) is 0 Å². The van der Waals surface area contributed by atoms with Gasteiger partial charge in [0.05, 0.1) is 0 Å². The number of anilines is 1. The van der Waals surface area contributed by atoms with Crippen molar-refractivity contribution in [3.8, 4) is 0 Å². The third-order valence-corrected chi connectivity index (χ3v) is 5.33. The van der Waals surface area contributed by atoms with Gasteiger partial charge in [0.15, 0.2) is 0 Å². The van der Waals surface area contributed by atoms with Gasteiger partial charge in [-0.2, -0.15) is 0 Å². The van der Waals surface area contributed by atoms with Crippen LogP contribution in [0.5, 0.6) is 0 Å². The Kier molecular flexibility index (Phi) is 4.34. The Labute approximate surface area is 139 Å². The number of hydrogen-bond acceptors (Lipinski definition) is 2. The number of fused-ring (bicyclic) bond motifs is 1. The Morgan fingerprint density at radius 3 is 2.52 bits per heavy atom. The molecule has 2 heteroatoms. The van der Waals surface area contributed by atoms with Gasteiger partial charge in [0.25, 0.3) is 0 Å². The molecule has 0 spiro atoms. The molecule has 2 aromatic carbocycles. The molecule has 1 heterocycles. The van der Waals surface area contributed by atoms with Crippen LogP contribution in [-0.4, -0.2) is 13.1 Å². The van der Waals surface area contributed by atoms with E-state index < -0.39 is 0 Å². The standard InChI is InChI=1S/C21H26N2/c1-2-8-20-18(6-1)7-5-9-21(20)22-16-17-10-12-19(13-11-17)23-14-3-4-15-23/h1-2,6,8,10-13,21-22H,3-5,7,9,14-16H2/t21-/m0/s1. The SMILES string of the molecule is c1ccc2c(c1)CCC[C@@H]2NCc1ccc(N2CCCC2)cc1. The van der Waals surface area contributed by atoms with Gasteiger partial charge >= 0.3 is 0 Å². The van der Waals surface area contributed by atoms with Gasteiger partial charge in [0, 0.05) is 31.4 Å². The molecular weight excluding hydrogens is 280 g/mol. The van der Waals surface area contributed by atoms with Crippen LogP contribution in [0.25, 0.3) is 0 Å². The summed E-state index contributed by atoms with van der Waals surface area (Å²) in [5.74, 6) is 0. The first-order valence-corrected chi connectivity index (χ1v) is 9.05. The maximum atomic E-state index is 3.77. The third-order valence-electron chi connectivity index (χ3n) is 5.33. The number of nitrogens with zero attached hydrogens (tertiary/aromatic N) is 1. The van der Waals surface area contributed by atoms with E-state index in [4.69, 9.17) is 0 Å². The molecule has 1 N–H and O–H groups in total. The molecule has 120 valence electrons. The van der Waals surface area contributed by atoms with E-state index in [1.807, 2.05) is 0 Å². The molecule has 0 bridgehead atoms. The van der Waals surface area contributed by atoms with Crippen LogP contribution in [0.2, 0.25) is 0 Å². The molecule has 1 aliphatic carbocycles. The Morgan fingerprint density at radius 2 is 1.70 bits per heavy atom. The molecule has 1 fully saturated rings. The number of benzene rings is 2. The predicted molar refractivity (Wildman–Crippen MR) is 96.8 cm³/mol. The Balaban J connectivity index is 1.39. The minimum atomic E-state index is 0.512. The average Bonchev–Trinajstić information content (AvgIpc) is 3.15. The van der Waals surface area contributed by atoms with E-state index >= 15 is 0 Å². The highest BCUT2D eigenvalue weighted by Crippen LogP contribution is 2.29. The number of nitrogens with one attached hydrogen (secondary N) is 1. The molecule has 2 aliphatic rings. The quantitative estimate of drug-likeness (QED) is 0.897. The van der Waals surface area contributed by atoms with Gasteiger partial charge in [-0.1, -0.05) is 36.4 Å². The summed E-state index contributed by atoms with van der Waals surface area (Å²) in [5.41, 5.74) is 5.80. The zero-order valence-corrected chi connectivity index (χ0v) is 13.8. The third kappa shape index (κ3) is 3.28. The Morgan fingerprint density at radius 1 is 0.913 bits per heavy atom. The summed E-state index contributed by atoms with van der Waals surface area (Å²) >= 11 is 0. The maximum Gasteiger partial charge on any atom is 0.0366 e. The van der Waals surface area contributed by atoms with Crippen LogP contribution in [-0.2, 0) is 13.0 Å². The Hall–Kier alpha value is -1.80. The minimum Gasteiger partial charge on any atom is -0.372 e. The van der Waals surface area contributed by atoms with Crippen molar-refractivity contribution in [2.45, 2.75) is 44.7 Å². The molecule has 4 rings (SSSR count). The molecule has 0 saturated carbocycles. The number of aryl methyl sites for hydroxylation is 1. The normalized spacial score (nSPS) is 20.5. The van der Waals surface area contributed by atoms with Gasteiger partial charge in [-0.15, -0.1) is 0 Å². The summed E-state index contributed by atoms with van der Waals surface area (Å²) in [7, 11) is 0. The van der Waals surface area contributed by atoms with E-state index in [1.54, 1.807) is 0 Å². The smallest absolute Gasteiger partial charge is 0.0366 e. The molecule has 2 nitrogen and oxygen atoms in total. The molecule has 0 unspecified atom stereocenters. The predicted octanol–water partition coefficient (Wildman–Crippen LogP) is 4.45. The molecule has 23 heavy (non-hydrogen) atoms. The first-order chi connectivity index (χ1) is 11.4. The van der Waals surface area contributed by atoms with E-state index in [1.165, 1.54) is 67.6 Å². The van der Waals surface area contributed by atoms with Crippen molar-refractivity contribution in [1.29, 1.82) is 0 Å². The minimum absolute atomic E-state index is 0.512. The summed E-state index contributed by atoms with van der Waals surface area (Å²) in [6.45, 7) is 3.40. The van der Waals surface area contributed by atoms with E-state index in [2.05, 4.69) is 58.7 Å². The van der Waals surface area contributed by atoms with Crippen LogP contribution < -0.4 is 10.2 Å². The van der Waals surface area contributed by atoms with Crippen molar-refractivity contribution in [2.24, 2.45) is 0 Å². The summed E-state index contributed by atoms with van der Waals surface area (Å²) in [6.07, 6.45) is 6.46. The second kappa shape index (κ2) is 6.76. The lowest BCUT2D eigenvalue weighted by atomic mass is 9.87. The van der Waals surface area contributed by atoms with E-state index in [-0.39, 0.29) is 0 Å². The van der Waals surface area contributed by atoms with E-state index in [9.17, 15) is 0 Å². The number of rotatable bonds is 4. The summed E-state index contributed by atoms with van der Waals surface area (Å²) in [6, 6.07) is 18.6. The molecule has 1 saturated heterocycles. The molecule has 0 amide bonds. The fraction of sp³-hybridized carbons (Fsp3) is 0.429.